The van der Waals surface area contributed by atoms with Crippen molar-refractivity contribution >= 4 is 31.6 Å². The number of nitrogens with two attached hydrogens (primary N) is 1. The largest absolute Gasteiger partial charge is 0.398 e. The molecular weight excluding hydrogens is 340 g/mol. The third kappa shape index (κ3) is 3.96. The van der Waals surface area contributed by atoms with E-state index in [-0.39, 0.29) is 10.6 Å². The van der Waals surface area contributed by atoms with Crippen molar-refractivity contribution in [2.24, 2.45) is 11.8 Å². The summed E-state index contributed by atoms with van der Waals surface area (Å²) in [6.45, 7) is 2.75. The van der Waals surface area contributed by atoms with E-state index in [9.17, 15) is 8.42 Å². The molecule has 1 fully saturated rings. The maximum atomic E-state index is 12.3. The molecule has 0 aliphatic heterocycles. The second-order valence-corrected chi connectivity index (χ2v) is 8.31. The molecule has 0 atom stereocenters. The molecule has 1 aromatic carbocycles. The Morgan fingerprint density at radius 3 is 2.60 bits per heavy atom. The molecule has 0 radical (unpaired) electrons. The summed E-state index contributed by atoms with van der Waals surface area (Å²) in [5.74, 6) is 1.21. The molecule has 0 aromatic heterocycles. The number of rotatable bonds is 4. The molecular formula is C14H21BrN2O2S. The highest BCUT2D eigenvalue weighted by Crippen LogP contribution is 2.28. The van der Waals surface area contributed by atoms with Gasteiger partial charge in [-0.15, -0.1) is 0 Å². The SMILES string of the molecule is CC1CCC(CNS(=O)(=O)c2cc(Br)ccc2N)CC1. The van der Waals surface area contributed by atoms with Gasteiger partial charge in [-0.1, -0.05) is 35.7 Å². The van der Waals surface area contributed by atoms with Crippen LogP contribution in [-0.2, 0) is 10.0 Å². The normalized spacial score (nSPS) is 23.7. The average molecular weight is 361 g/mol. The quantitative estimate of drug-likeness (QED) is 0.810. The summed E-state index contributed by atoms with van der Waals surface area (Å²) in [5.41, 5.74) is 6.04. The van der Waals surface area contributed by atoms with Crippen LogP contribution in [0.5, 0.6) is 0 Å². The van der Waals surface area contributed by atoms with Crippen LogP contribution >= 0.6 is 15.9 Å². The van der Waals surface area contributed by atoms with Crippen LogP contribution in [0, 0.1) is 11.8 Å². The van der Waals surface area contributed by atoms with Crippen molar-refractivity contribution < 1.29 is 8.42 Å². The van der Waals surface area contributed by atoms with Gasteiger partial charge < -0.3 is 5.73 Å². The molecule has 3 N–H and O–H groups in total. The molecule has 1 aromatic rings. The fourth-order valence-corrected chi connectivity index (χ4v) is 4.36. The first kappa shape index (κ1) is 15.8. The van der Waals surface area contributed by atoms with Gasteiger partial charge in [-0.3, -0.25) is 0 Å². The highest BCUT2D eigenvalue weighted by Gasteiger charge is 2.22. The van der Waals surface area contributed by atoms with Crippen LogP contribution in [0.3, 0.4) is 0 Å². The second-order valence-electron chi connectivity index (χ2n) is 5.66. The Hall–Kier alpha value is -0.590. The van der Waals surface area contributed by atoms with Crippen LogP contribution in [0.2, 0.25) is 0 Å². The molecule has 0 unspecified atom stereocenters. The average Bonchev–Trinajstić information content (AvgIpc) is 2.41. The lowest BCUT2D eigenvalue weighted by atomic mass is 9.83. The summed E-state index contributed by atoms with van der Waals surface area (Å²) < 4.78 is 28.0. The van der Waals surface area contributed by atoms with Gasteiger partial charge in [-0.2, -0.15) is 0 Å². The number of nitrogens with one attached hydrogen (secondary N) is 1. The van der Waals surface area contributed by atoms with Crippen molar-refractivity contribution in [1.82, 2.24) is 4.72 Å². The summed E-state index contributed by atoms with van der Waals surface area (Å²) in [5, 5.41) is 0. The molecule has 0 heterocycles. The smallest absolute Gasteiger partial charge is 0.242 e. The zero-order chi connectivity index (χ0) is 14.8. The molecule has 1 aliphatic carbocycles. The van der Waals surface area contributed by atoms with Gasteiger partial charge in [0.2, 0.25) is 10.0 Å². The standard InChI is InChI=1S/C14H21BrN2O2S/c1-10-2-4-11(5-3-10)9-17-20(18,19)14-8-12(15)6-7-13(14)16/h6-8,10-11,17H,2-5,9,16H2,1H3. The zero-order valence-corrected chi connectivity index (χ0v) is 14.0. The fraction of sp³-hybridized carbons (Fsp3) is 0.571. The van der Waals surface area contributed by atoms with Gasteiger partial charge in [-0.05, 0) is 42.9 Å². The van der Waals surface area contributed by atoms with Gasteiger partial charge in [0.1, 0.15) is 4.90 Å². The molecule has 20 heavy (non-hydrogen) atoms. The molecule has 2 rings (SSSR count). The Kier molecular flexibility index (Phi) is 5.09. The molecule has 1 aliphatic rings. The van der Waals surface area contributed by atoms with E-state index < -0.39 is 10.0 Å². The minimum Gasteiger partial charge on any atom is -0.398 e. The molecule has 6 heteroatoms. The van der Waals surface area contributed by atoms with E-state index in [1.54, 1.807) is 18.2 Å². The van der Waals surface area contributed by atoms with Gasteiger partial charge >= 0.3 is 0 Å². The maximum absolute atomic E-state index is 12.3. The number of sulfonamides is 1. The summed E-state index contributed by atoms with van der Waals surface area (Å²) in [6, 6.07) is 4.87. The summed E-state index contributed by atoms with van der Waals surface area (Å²) in [7, 11) is -3.53. The van der Waals surface area contributed by atoms with E-state index in [2.05, 4.69) is 27.6 Å². The summed E-state index contributed by atoms with van der Waals surface area (Å²) >= 11 is 3.28. The monoisotopic (exact) mass is 360 g/mol. The maximum Gasteiger partial charge on any atom is 0.242 e. The van der Waals surface area contributed by atoms with Crippen molar-refractivity contribution in [2.45, 2.75) is 37.5 Å². The Labute approximate surface area is 129 Å². The van der Waals surface area contributed by atoms with Gasteiger partial charge in [-0.25, -0.2) is 13.1 Å². The molecule has 0 saturated heterocycles. The van der Waals surface area contributed by atoms with E-state index in [4.69, 9.17) is 5.73 Å². The minimum atomic E-state index is -3.53. The van der Waals surface area contributed by atoms with Crippen LogP contribution in [0.1, 0.15) is 32.6 Å². The number of hydrogen-bond acceptors (Lipinski definition) is 3. The second kappa shape index (κ2) is 6.45. The number of hydrogen-bond donors (Lipinski definition) is 2. The van der Waals surface area contributed by atoms with Crippen LogP contribution < -0.4 is 10.5 Å². The number of halogens is 1. The fourth-order valence-electron chi connectivity index (χ4n) is 2.58. The van der Waals surface area contributed by atoms with Crippen molar-refractivity contribution in [3.63, 3.8) is 0 Å². The summed E-state index contributed by atoms with van der Waals surface area (Å²) in [4.78, 5) is 0.149. The molecule has 4 nitrogen and oxygen atoms in total. The van der Waals surface area contributed by atoms with E-state index >= 15 is 0 Å². The van der Waals surface area contributed by atoms with Gasteiger partial charge in [0, 0.05) is 11.0 Å². The lowest BCUT2D eigenvalue weighted by Gasteiger charge is -2.26. The van der Waals surface area contributed by atoms with Crippen LogP contribution in [0.15, 0.2) is 27.6 Å². The Balaban J connectivity index is 2.02. The lowest BCUT2D eigenvalue weighted by Crippen LogP contribution is -2.31. The molecule has 0 spiro atoms. The number of anilines is 1. The lowest BCUT2D eigenvalue weighted by molar-refractivity contribution is 0.290. The van der Waals surface area contributed by atoms with Crippen molar-refractivity contribution in [1.29, 1.82) is 0 Å². The van der Waals surface area contributed by atoms with E-state index in [1.807, 2.05) is 0 Å². The van der Waals surface area contributed by atoms with Gasteiger partial charge in [0.05, 0.1) is 5.69 Å². The Morgan fingerprint density at radius 2 is 1.95 bits per heavy atom. The highest BCUT2D eigenvalue weighted by molar-refractivity contribution is 9.10. The van der Waals surface area contributed by atoms with Gasteiger partial charge in [0.25, 0.3) is 0 Å². The molecule has 1 saturated carbocycles. The third-order valence-electron chi connectivity index (χ3n) is 3.96. The zero-order valence-electron chi connectivity index (χ0n) is 11.6. The van der Waals surface area contributed by atoms with Crippen molar-refractivity contribution in [2.75, 3.05) is 12.3 Å². The van der Waals surface area contributed by atoms with Crippen LogP contribution in [0.4, 0.5) is 5.69 Å². The molecule has 0 amide bonds. The van der Waals surface area contributed by atoms with E-state index in [0.29, 0.717) is 16.9 Å². The topological polar surface area (TPSA) is 72.2 Å². The van der Waals surface area contributed by atoms with Crippen molar-refractivity contribution in [3.8, 4) is 0 Å². The van der Waals surface area contributed by atoms with Crippen LogP contribution in [-0.4, -0.2) is 15.0 Å². The Bertz CT molecular complexity index is 567. The third-order valence-corrected chi connectivity index (χ3v) is 5.94. The van der Waals surface area contributed by atoms with Gasteiger partial charge in [0.15, 0.2) is 0 Å². The Morgan fingerprint density at radius 1 is 1.30 bits per heavy atom. The first-order valence-electron chi connectivity index (χ1n) is 6.93. The molecule has 112 valence electrons. The predicted octanol–water partition coefficient (Wildman–Crippen LogP) is 3.14. The highest BCUT2D eigenvalue weighted by atomic mass is 79.9. The first-order valence-corrected chi connectivity index (χ1v) is 9.21. The predicted molar refractivity (Wildman–Crippen MR) is 84.9 cm³/mol. The number of nitrogen functional groups attached to an aromatic ring is 1. The summed E-state index contributed by atoms with van der Waals surface area (Å²) in [6.07, 6.45) is 4.56. The van der Waals surface area contributed by atoms with Crippen molar-refractivity contribution in [3.05, 3.63) is 22.7 Å². The van der Waals surface area contributed by atoms with E-state index in [1.165, 1.54) is 12.8 Å². The van der Waals surface area contributed by atoms with Crippen LogP contribution in [0.25, 0.3) is 0 Å². The first-order chi connectivity index (χ1) is 9.38. The number of benzene rings is 1. The van der Waals surface area contributed by atoms with E-state index in [0.717, 1.165) is 18.8 Å². The minimum absolute atomic E-state index is 0.149. The molecule has 0 bridgehead atoms.